The van der Waals surface area contributed by atoms with E-state index in [1.54, 1.807) is 29.2 Å². The number of hydrogen-bond acceptors (Lipinski definition) is 5. The molecule has 266 valence electrons. The molecule has 1 saturated heterocycles. The number of carbonyl (C=O) groups is 3. The second-order valence-electron chi connectivity index (χ2n) is 14.5. The molecular formula is C42H42ClN3O4SSi. The van der Waals surface area contributed by atoms with Crippen molar-refractivity contribution < 1.29 is 18.8 Å². The molecule has 3 amide bonds. The van der Waals surface area contributed by atoms with Crippen LogP contribution in [-0.2, 0) is 22.3 Å². The Labute approximate surface area is 315 Å². The Hall–Kier alpha value is -4.54. The molecule has 1 aromatic heterocycles. The zero-order chi connectivity index (χ0) is 36.5. The predicted octanol–water partition coefficient (Wildman–Crippen LogP) is 8.13. The van der Waals surface area contributed by atoms with Gasteiger partial charge in [-0.15, -0.1) is 11.3 Å². The lowest BCUT2D eigenvalue weighted by molar-refractivity contribution is -0.124. The van der Waals surface area contributed by atoms with Crippen LogP contribution in [0, 0.1) is 5.92 Å². The first-order valence-corrected chi connectivity index (χ1v) is 20.8. The molecule has 0 radical (unpaired) electrons. The summed E-state index contributed by atoms with van der Waals surface area (Å²) in [6.45, 7) is 8.47. The van der Waals surface area contributed by atoms with Crippen LogP contribution < -0.4 is 20.6 Å². The Bertz CT molecular complexity index is 2060. The number of halogens is 1. The Balaban J connectivity index is 1.07. The van der Waals surface area contributed by atoms with Gasteiger partial charge in [-0.1, -0.05) is 111 Å². The molecule has 4 aromatic carbocycles. The van der Waals surface area contributed by atoms with E-state index in [2.05, 4.69) is 74.6 Å². The summed E-state index contributed by atoms with van der Waals surface area (Å²) in [6.07, 6.45) is 1.64. The van der Waals surface area contributed by atoms with Crippen molar-refractivity contribution in [3.05, 3.63) is 141 Å². The molecule has 52 heavy (non-hydrogen) atoms. The second kappa shape index (κ2) is 14.8. The van der Waals surface area contributed by atoms with Crippen molar-refractivity contribution >= 4 is 70.7 Å². The minimum Gasteiger partial charge on any atom is -0.407 e. The molecule has 0 saturated carbocycles. The van der Waals surface area contributed by atoms with Gasteiger partial charge in [0.25, 0.3) is 20.1 Å². The highest BCUT2D eigenvalue weighted by Gasteiger charge is 2.51. The fourth-order valence-corrected chi connectivity index (χ4v) is 13.2. The molecule has 0 bridgehead atoms. The summed E-state index contributed by atoms with van der Waals surface area (Å²) in [4.78, 5) is 44.8. The van der Waals surface area contributed by atoms with Crippen LogP contribution in [0.5, 0.6) is 0 Å². The number of benzene rings is 4. The van der Waals surface area contributed by atoms with Crippen molar-refractivity contribution in [2.75, 3.05) is 23.4 Å². The zero-order valence-electron chi connectivity index (χ0n) is 29.6. The average molecular weight is 748 g/mol. The maximum Gasteiger partial charge on any atom is 0.265 e. The molecule has 1 N–H and O–H groups in total. The van der Waals surface area contributed by atoms with Crippen LogP contribution in [0.15, 0.2) is 115 Å². The van der Waals surface area contributed by atoms with Gasteiger partial charge in [0, 0.05) is 48.7 Å². The molecule has 5 aromatic rings. The molecule has 2 aliphatic rings. The third-order valence-electron chi connectivity index (χ3n) is 10.2. The lowest BCUT2D eigenvalue weighted by Gasteiger charge is -2.44. The quantitative estimate of drug-likeness (QED) is 0.147. The summed E-state index contributed by atoms with van der Waals surface area (Å²) >= 11 is 7.25. The van der Waals surface area contributed by atoms with Gasteiger partial charge in [-0.25, -0.2) is 0 Å². The van der Waals surface area contributed by atoms with Crippen LogP contribution in [0.2, 0.25) is 9.37 Å². The highest BCUT2D eigenvalue weighted by atomic mass is 35.5. The molecule has 1 atom stereocenters. The highest BCUT2D eigenvalue weighted by Crippen LogP contribution is 2.38. The van der Waals surface area contributed by atoms with E-state index in [-0.39, 0.29) is 28.7 Å². The van der Waals surface area contributed by atoms with E-state index < -0.39 is 8.32 Å². The summed E-state index contributed by atoms with van der Waals surface area (Å²) in [7, 11) is -2.79. The Kier molecular flexibility index (Phi) is 10.2. The number of nitrogens with zero attached hydrogens (tertiary/aromatic N) is 2. The highest BCUT2D eigenvalue weighted by molar-refractivity contribution is 7.18. The van der Waals surface area contributed by atoms with Crippen LogP contribution in [0.3, 0.4) is 0 Å². The number of amides is 3. The molecule has 7 rings (SSSR count). The monoisotopic (exact) mass is 747 g/mol. The number of thiophene rings is 1. The summed E-state index contributed by atoms with van der Waals surface area (Å²) < 4.78 is 7.73. The van der Waals surface area contributed by atoms with Crippen molar-refractivity contribution in [2.45, 2.75) is 51.7 Å². The molecule has 7 nitrogen and oxygen atoms in total. The Morgan fingerprint density at radius 3 is 2.25 bits per heavy atom. The third-order valence-corrected chi connectivity index (χ3v) is 16.4. The second-order valence-corrected chi connectivity index (χ2v) is 20.5. The van der Waals surface area contributed by atoms with Gasteiger partial charge < -0.3 is 19.5 Å². The molecule has 2 aliphatic heterocycles. The van der Waals surface area contributed by atoms with E-state index in [1.807, 2.05) is 47.4 Å². The van der Waals surface area contributed by atoms with E-state index in [0.717, 1.165) is 29.7 Å². The molecule has 0 aliphatic carbocycles. The number of carbonyl (C=O) groups excluding carboxylic acids is 3. The van der Waals surface area contributed by atoms with E-state index in [4.69, 9.17) is 16.0 Å². The van der Waals surface area contributed by atoms with Crippen LogP contribution in [0.25, 0.3) is 0 Å². The summed E-state index contributed by atoms with van der Waals surface area (Å²) in [5.41, 5.74) is 3.73. The van der Waals surface area contributed by atoms with Gasteiger partial charge in [0.1, 0.15) is 0 Å². The normalized spacial score (nSPS) is 16.3. The van der Waals surface area contributed by atoms with Crippen LogP contribution >= 0.6 is 22.9 Å². The Morgan fingerprint density at radius 2 is 1.60 bits per heavy atom. The number of nitrogens with one attached hydrogen (secondary N) is 1. The standard InChI is InChI=1S/C42H42ClN3O4SSi/c1-42(2,3)52(32-16-6-4-7-17-32,33-18-8-5-9-19-33)50-28-30-14-12-24-46(40(30)48)31-15-10-13-29(25-31)26-45-27-35-34(41(45)49)20-11-21-36(35)44-39(47)37-22-23-38(43)51-37/h4-11,13,15-23,25,30H,12,14,24,26-28H2,1-3H3,(H,44,47). The minimum atomic E-state index is -2.79. The average Bonchev–Trinajstić information content (AvgIpc) is 3.72. The maximum absolute atomic E-state index is 14.2. The first kappa shape index (κ1) is 35.8. The van der Waals surface area contributed by atoms with Crippen molar-refractivity contribution in [2.24, 2.45) is 5.92 Å². The zero-order valence-corrected chi connectivity index (χ0v) is 32.2. The molecule has 3 heterocycles. The summed E-state index contributed by atoms with van der Waals surface area (Å²) in [5, 5.41) is 5.18. The number of rotatable bonds is 10. The lowest BCUT2D eigenvalue weighted by atomic mass is 9.97. The van der Waals surface area contributed by atoms with Crippen LogP contribution in [0.4, 0.5) is 11.4 Å². The van der Waals surface area contributed by atoms with E-state index >= 15 is 0 Å². The van der Waals surface area contributed by atoms with Crippen molar-refractivity contribution in [3.63, 3.8) is 0 Å². The summed E-state index contributed by atoms with van der Waals surface area (Å²) in [5.74, 6) is -0.554. The molecule has 1 fully saturated rings. The fourth-order valence-electron chi connectivity index (χ4n) is 7.65. The van der Waals surface area contributed by atoms with E-state index in [9.17, 15) is 14.4 Å². The minimum absolute atomic E-state index is 0.0680. The molecule has 1 unspecified atom stereocenters. The van der Waals surface area contributed by atoms with E-state index in [0.29, 0.717) is 46.7 Å². The largest absolute Gasteiger partial charge is 0.407 e. The van der Waals surface area contributed by atoms with Gasteiger partial charge >= 0.3 is 0 Å². The fraction of sp³-hybridized carbons (Fsp3) is 0.262. The van der Waals surface area contributed by atoms with Crippen molar-refractivity contribution in [3.8, 4) is 0 Å². The van der Waals surface area contributed by atoms with Gasteiger partial charge in [-0.2, -0.15) is 0 Å². The lowest BCUT2D eigenvalue weighted by Crippen LogP contribution is -2.67. The van der Waals surface area contributed by atoms with Gasteiger partial charge in [-0.05, 0) is 70.2 Å². The smallest absolute Gasteiger partial charge is 0.265 e. The van der Waals surface area contributed by atoms with Gasteiger partial charge in [0.2, 0.25) is 5.91 Å². The Morgan fingerprint density at radius 1 is 0.904 bits per heavy atom. The van der Waals surface area contributed by atoms with Gasteiger partial charge in [-0.3, -0.25) is 14.4 Å². The van der Waals surface area contributed by atoms with Gasteiger partial charge in [0.05, 0.1) is 15.1 Å². The number of anilines is 2. The van der Waals surface area contributed by atoms with E-state index in [1.165, 1.54) is 21.7 Å². The third kappa shape index (κ3) is 6.98. The van der Waals surface area contributed by atoms with Crippen molar-refractivity contribution in [1.82, 2.24) is 4.90 Å². The van der Waals surface area contributed by atoms with Crippen molar-refractivity contribution in [1.29, 1.82) is 0 Å². The van der Waals surface area contributed by atoms with Crippen LogP contribution in [-0.4, -0.2) is 44.1 Å². The molecule has 0 spiro atoms. The van der Waals surface area contributed by atoms with Gasteiger partial charge in [0.15, 0.2) is 0 Å². The molecular weight excluding hydrogens is 706 g/mol. The first-order chi connectivity index (χ1) is 25.0. The number of fused-ring (bicyclic) bond motifs is 1. The topological polar surface area (TPSA) is 79.0 Å². The predicted molar refractivity (Wildman–Crippen MR) is 212 cm³/mol. The number of piperidine rings is 1. The maximum atomic E-state index is 14.2. The molecule has 10 heteroatoms. The summed E-state index contributed by atoms with van der Waals surface area (Å²) in [6, 6.07) is 37.8. The van der Waals surface area contributed by atoms with Crippen LogP contribution in [0.1, 0.15) is 64.8 Å². The first-order valence-electron chi connectivity index (χ1n) is 17.7. The SMILES string of the molecule is CC(C)(C)[Si](OCC1CCCN(c2cccc(CN3Cc4c(NC(=O)c5ccc(Cl)s5)cccc4C3=O)c2)C1=O)(c1ccccc1)c1ccccc1. The number of hydrogen-bond donors (Lipinski definition) is 1.